The number of aromatic nitrogens is 2. The summed E-state index contributed by atoms with van der Waals surface area (Å²) in [6.07, 6.45) is 1.27. The van der Waals surface area contributed by atoms with Gasteiger partial charge >= 0.3 is 0 Å². The van der Waals surface area contributed by atoms with E-state index in [0.29, 0.717) is 12.4 Å². The van der Waals surface area contributed by atoms with E-state index in [2.05, 4.69) is 9.97 Å². The number of H-pyrrole nitrogens is 1. The molecule has 0 unspecified atom stereocenters. The summed E-state index contributed by atoms with van der Waals surface area (Å²) in [7, 11) is 1.38. The minimum atomic E-state index is -0.486. The van der Waals surface area contributed by atoms with Gasteiger partial charge in [0.1, 0.15) is 0 Å². The van der Waals surface area contributed by atoms with Gasteiger partial charge in [-0.05, 0) is 5.92 Å². The van der Waals surface area contributed by atoms with Gasteiger partial charge in [0.25, 0.3) is 5.56 Å². The normalized spacial score (nSPS) is 10.4. The quantitative estimate of drug-likeness (QED) is 0.727. The number of hydrogen-bond acceptors (Lipinski definition) is 5. The van der Waals surface area contributed by atoms with Gasteiger partial charge in [0, 0.05) is 6.54 Å². The highest BCUT2D eigenvalue weighted by molar-refractivity contribution is 5.79. The fourth-order valence-electron chi connectivity index (χ4n) is 1.64. The zero-order chi connectivity index (χ0) is 13.7. The predicted octanol–water partition coefficient (Wildman–Crippen LogP) is -0.274. The molecule has 0 saturated heterocycles. The Labute approximate surface area is 105 Å². The topological polar surface area (TPSA) is 101 Å². The Hall–Kier alpha value is -2.05. The molecular weight excluding hydrogens is 236 g/mol. The molecule has 0 aliphatic rings. The molecule has 1 aromatic rings. The van der Waals surface area contributed by atoms with Crippen LogP contribution in [0.2, 0.25) is 0 Å². The molecule has 1 aromatic heterocycles. The highest BCUT2D eigenvalue weighted by Crippen LogP contribution is 2.20. The highest BCUT2D eigenvalue weighted by Gasteiger charge is 2.19. The van der Waals surface area contributed by atoms with Crippen molar-refractivity contribution in [1.29, 1.82) is 0 Å². The number of rotatable bonds is 6. The molecule has 0 atom stereocenters. The Morgan fingerprint density at radius 2 is 2.28 bits per heavy atom. The second-order valence-electron chi connectivity index (χ2n) is 4.33. The van der Waals surface area contributed by atoms with Crippen molar-refractivity contribution in [3.63, 3.8) is 0 Å². The molecule has 7 nitrogen and oxygen atoms in total. The van der Waals surface area contributed by atoms with E-state index in [9.17, 15) is 9.59 Å². The summed E-state index contributed by atoms with van der Waals surface area (Å²) in [5.74, 6) is 0.211. The summed E-state index contributed by atoms with van der Waals surface area (Å²) >= 11 is 0. The van der Waals surface area contributed by atoms with Crippen LogP contribution in [0.15, 0.2) is 11.1 Å². The fraction of sp³-hybridized carbons (Fsp3) is 0.545. The van der Waals surface area contributed by atoms with Crippen molar-refractivity contribution < 1.29 is 9.53 Å². The SMILES string of the molecule is COc1c(N(CC(N)=O)CC(C)C)nc[nH]c1=O. The third-order valence-corrected chi connectivity index (χ3v) is 2.23. The summed E-state index contributed by atoms with van der Waals surface area (Å²) in [5.41, 5.74) is 4.81. The molecular formula is C11H18N4O3. The first-order valence-corrected chi connectivity index (χ1v) is 5.60. The molecule has 0 aliphatic carbocycles. The van der Waals surface area contributed by atoms with Gasteiger partial charge < -0.3 is 20.4 Å². The van der Waals surface area contributed by atoms with Crippen molar-refractivity contribution in [1.82, 2.24) is 9.97 Å². The van der Waals surface area contributed by atoms with E-state index in [1.165, 1.54) is 13.4 Å². The molecule has 0 aromatic carbocycles. The fourth-order valence-corrected chi connectivity index (χ4v) is 1.64. The Bertz CT molecular complexity index is 470. The van der Waals surface area contributed by atoms with Crippen LogP contribution < -0.4 is 20.9 Å². The highest BCUT2D eigenvalue weighted by atomic mass is 16.5. The number of nitrogens with zero attached hydrogens (tertiary/aromatic N) is 2. The number of nitrogens with one attached hydrogen (secondary N) is 1. The van der Waals surface area contributed by atoms with Crippen LogP contribution in [-0.4, -0.2) is 36.1 Å². The number of primary amides is 1. The summed E-state index contributed by atoms with van der Waals surface area (Å²) in [6, 6.07) is 0. The van der Waals surface area contributed by atoms with Gasteiger partial charge in [-0.1, -0.05) is 13.8 Å². The number of ether oxygens (including phenoxy) is 1. The molecule has 0 saturated carbocycles. The van der Waals surface area contributed by atoms with Gasteiger partial charge in [-0.25, -0.2) is 4.98 Å². The molecule has 0 spiro atoms. The standard InChI is InChI=1S/C11H18N4O3/c1-7(2)4-15(5-8(12)16)10-9(18-3)11(17)14-6-13-10/h6-7H,4-5H2,1-3H3,(H2,12,16)(H,13,14,17). The summed E-state index contributed by atoms with van der Waals surface area (Å²) in [5, 5.41) is 0. The van der Waals surface area contributed by atoms with E-state index in [1.807, 2.05) is 13.8 Å². The van der Waals surface area contributed by atoms with Gasteiger partial charge in [-0.2, -0.15) is 0 Å². The van der Waals surface area contributed by atoms with Crippen LogP contribution in [0.1, 0.15) is 13.8 Å². The predicted molar refractivity (Wildman–Crippen MR) is 67.7 cm³/mol. The molecule has 18 heavy (non-hydrogen) atoms. The van der Waals surface area contributed by atoms with Crippen LogP contribution in [0.3, 0.4) is 0 Å². The molecule has 3 N–H and O–H groups in total. The van der Waals surface area contributed by atoms with E-state index in [4.69, 9.17) is 10.5 Å². The maximum Gasteiger partial charge on any atom is 0.295 e. The van der Waals surface area contributed by atoms with Crippen molar-refractivity contribution in [3.8, 4) is 5.75 Å². The lowest BCUT2D eigenvalue weighted by Gasteiger charge is -2.24. The number of methoxy groups -OCH3 is 1. The monoisotopic (exact) mass is 254 g/mol. The van der Waals surface area contributed by atoms with Crippen LogP contribution in [-0.2, 0) is 4.79 Å². The smallest absolute Gasteiger partial charge is 0.295 e. The number of carbonyl (C=O) groups is 1. The number of amides is 1. The lowest BCUT2D eigenvalue weighted by atomic mass is 10.2. The van der Waals surface area contributed by atoms with Crippen molar-refractivity contribution >= 4 is 11.7 Å². The van der Waals surface area contributed by atoms with Crippen molar-refractivity contribution in [2.24, 2.45) is 11.7 Å². The first kappa shape index (κ1) is 14.0. The number of carbonyl (C=O) groups excluding carboxylic acids is 1. The summed E-state index contributed by atoms with van der Waals surface area (Å²) in [4.78, 5) is 30.8. The van der Waals surface area contributed by atoms with Gasteiger partial charge in [0.15, 0.2) is 5.82 Å². The van der Waals surface area contributed by atoms with Crippen LogP contribution >= 0.6 is 0 Å². The zero-order valence-corrected chi connectivity index (χ0v) is 10.8. The number of hydrogen-bond donors (Lipinski definition) is 2. The minimum Gasteiger partial charge on any atom is -0.489 e. The van der Waals surface area contributed by atoms with Crippen LogP contribution in [0.4, 0.5) is 5.82 Å². The molecule has 100 valence electrons. The molecule has 1 rings (SSSR count). The summed E-state index contributed by atoms with van der Waals surface area (Å²) < 4.78 is 5.02. The van der Waals surface area contributed by atoms with Gasteiger partial charge in [0.2, 0.25) is 11.7 Å². The average molecular weight is 254 g/mol. The molecule has 0 fully saturated rings. The average Bonchev–Trinajstić information content (AvgIpc) is 2.26. The van der Waals surface area contributed by atoms with Crippen molar-refractivity contribution in [2.45, 2.75) is 13.8 Å². The molecule has 7 heteroatoms. The molecule has 0 radical (unpaired) electrons. The van der Waals surface area contributed by atoms with Crippen molar-refractivity contribution in [2.75, 3.05) is 25.1 Å². The van der Waals surface area contributed by atoms with E-state index in [1.54, 1.807) is 4.90 Å². The molecule has 0 bridgehead atoms. The first-order chi connectivity index (χ1) is 8.45. The Balaban J connectivity index is 3.15. The Morgan fingerprint density at radius 3 is 2.78 bits per heavy atom. The maximum atomic E-state index is 11.6. The lowest BCUT2D eigenvalue weighted by molar-refractivity contribution is -0.116. The molecule has 1 amide bonds. The molecule has 0 aliphatic heterocycles. The van der Waals surface area contributed by atoms with Crippen LogP contribution in [0, 0.1) is 5.92 Å². The Kier molecular flexibility index (Phi) is 4.70. The number of anilines is 1. The van der Waals surface area contributed by atoms with Crippen molar-refractivity contribution in [3.05, 3.63) is 16.7 Å². The van der Waals surface area contributed by atoms with Crippen LogP contribution in [0.5, 0.6) is 5.75 Å². The molecule has 1 heterocycles. The van der Waals surface area contributed by atoms with E-state index >= 15 is 0 Å². The van der Waals surface area contributed by atoms with E-state index in [0.717, 1.165) is 0 Å². The number of aromatic amines is 1. The van der Waals surface area contributed by atoms with E-state index < -0.39 is 5.91 Å². The summed E-state index contributed by atoms with van der Waals surface area (Å²) in [6.45, 7) is 4.53. The van der Waals surface area contributed by atoms with Crippen LogP contribution in [0.25, 0.3) is 0 Å². The zero-order valence-electron chi connectivity index (χ0n) is 10.8. The number of nitrogens with two attached hydrogens (primary N) is 1. The second kappa shape index (κ2) is 6.04. The minimum absolute atomic E-state index is 0.00894. The van der Waals surface area contributed by atoms with Gasteiger partial charge in [0.05, 0.1) is 20.0 Å². The third-order valence-electron chi connectivity index (χ3n) is 2.23. The first-order valence-electron chi connectivity index (χ1n) is 5.60. The Morgan fingerprint density at radius 1 is 1.61 bits per heavy atom. The van der Waals surface area contributed by atoms with Gasteiger partial charge in [-0.15, -0.1) is 0 Å². The largest absolute Gasteiger partial charge is 0.489 e. The third kappa shape index (κ3) is 3.47. The van der Waals surface area contributed by atoms with E-state index in [-0.39, 0.29) is 23.8 Å². The lowest BCUT2D eigenvalue weighted by Crippen LogP contribution is -2.37. The maximum absolute atomic E-state index is 11.6. The second-order valence-corrected chi connectivity index (χ2v) is 4.33. The van der Waals surface area contributed by atoms with Gasteiger partial charge in [-0.3, -0.25) is 9.59 Å².